The van der Waals surface area contributed by atoms with Crippen LogP contribution in [0.3, 0.4) is 0 Å². The van der Waals surface area contributed by atoms with Crippen molar-refractivity contribution in [3.63, 3.8) is 0 Å². The number of carbonyl (C=O) groups is 1. The van der Waals surface area contributed by atoms with E-state index < -0.39 is 6.04 Å². The van der Waals surface area contributed by atoms with Gasteiger partial charge in [-0.05, 0) is 43.0 Å². The molecule has 1 aliphatic rings. The standard InChI is InChI=1S/C26H29FN4O2/c1-4-6-7-15-31-17(3)22(23(28-26(31)32)19-13-11-18(5-2)12-14-19)25-29-24(30-33-25)20-9-8-10-21(27)16-20/h8-14,16,23H,4-7,15H2,1-3H3,(H,28,32). The van der Waals surface area contributed by atoms with E-state index in [0.29, 0.717) is 23.8 Å². The molecule has 7 heteroatoms. The first kappa shape index (κ1) is 22.7. The number of benzene rings is 2. The third kappa shape index (κ3) is 4.82. The zero-order valence-corrected chi connectivity index (χ0v) is 19.3. The number of allylic oxidation sites excluding steroid dienone is 1. The highest BCUT2D eigenvalue weighted by Gasteiger charge is 2.35. The quantitative estimate of drug-likeness (QED) is 0.421. The molecule has 2 heterocycles. The Kier molecular flexibility index (Phi) is 6.87. The molecule has 1 N–H and O–H groups in total. The number of halogens is 1. The van der Waals surface area contributed by atoms with Gasteiger partial charge in [0.1, 0.15) is 5.82 Å². The van der Waals surface area contributed by atoms with Crippen LogP contribution >= 0.6 is 0 Å². The second-order valence-corrected chi connectivity index (χ2v) is 8.27. The molecule has 1 aromatic heterocycles. The fourth-order valence-electron chi connectivity index (χ4n) is 4.12. The maximum atomic E-state index is 13.7. The van der Waals surface area contributed by atoms with E-state index in [4.69, 9.17) is 4.52 Å². The van der Waals surface area contributed by atoms with Crippen LogP contribution in [-0.2, 0) is 6.42 Å². The lowest BCUT2D eigenvalue weighted by Crippen LogP contribution is -2.46. The van der Waals surface area contributed by atoms with Crippen molar-refractivity contribution in [1.82, 2.24) is 20.4 Å². The number of urea groups is 1. The molecular weight excluding hydrogens is 419 g/mol. The molecule has 0 saturated heterocycles. The van der Waals surface area contributed by atoms with E-state index in [2.05, 4.69) is 41.4 Å². The lowest BCUT2D eigenvalue weighted by atomic mass is 9.93. The Labute approximate surface area is 193 Å². The molecule has 0 saturated carbocycles. The Hall–Kier alpha value is -3.48. The van der Waals surface area contributed by atoms with E-state index in [1.165, 1.54) is 17.7 Å². The van der Waals surface area contributed by atoms with Crippen LogP contribution in [0.1, 0.15) is 63.1 Å². The Morgan fingerprint density at radius 3 is 2.61 bits per heavy atom. The van der Waals surface area contributed by atoms with Gasteiger partial charge in [0.2, 0.25) is 5.82 Å². The summed E-state index contributed by atoms with van der Waals surface area (Å²) in [5.74, 6) is 0.256. The van der Waals surface area contributed by atoms with Crippen molar-refractivity contribution in [3.05, 3.63) is 77.1 Å². The van der Waals surface area contributed by atoms with Crippen molar-refractivity contribution in [3.8, 4) is 11.4 Å². The van der Waals surface area contributed by atoms with Crippen LogP contribution < -0.4 is 5.32 Å². The fourth-order valence-corrected chi connectivity index (χ4v) is 4.12. The van der Waals surface area contributed by atoms with E-state index >= 15 is 0 Å². The first-order valence-corrected chi connectivity index (χ1v) is 11.5. The molecular formula is C26H29FN4O2. The topological polar surface area (TPSA) is 71.3 Å². The Morgan fingerprint density at radius 2 is 1.91 bits per heavy atom. The number of rotatable bonds is 8. The minimum absolute atomic E-state index is 0.137. The molecule has 2 aromatic carbocycles. The second-order valence-electron chi connectivity index (χ2n) is 8.27. The van der Waals surface area contributed by atoms with Crippen LogP contribution in [0, 0.1) is 5.82 Å². The summed E-state index contributed by atoms with van der Waals surface area (Å²) in [6, 6.07) is 13.7. The number of carbonyl (C=O) groups excluding carboxylic acids is 1. The Balaban J connectivity index is 1.76. The zero-order valence-electron chi connectivity index (χ0n) is 19.3. The van der Waals surface area contributed by atoms with Crippen LogP contribution in [-0.4, -0.2) is 27.6 Å². The van der Waals surface area contributed by atoms with E-state index in [-0.39, 0.29) is 11.8 Å². The summed E-state index contributed by atoms with van der Waals surface area (Å²) in [6.45, 7) is 6.76. The summed E-state index contributed by atoms with van der Waals surface area (Å²) >= 11 is 0. The summed E-state index contributed by atoms with van der Waals surface area (Å²) in [5.41, 5.74) is 4.23. The maximum absolute atomic E-state index is 13.7. The number of hydrogen-bond donors (Lipinski definition) is 1. The number of nitrogens with zero attached hydrogens (tertiary/aromatic N) is 3. The largest absolute Gasteiger partial charge is 0.334 e. The minimum atomic E-state index is -0.424. The molecule has 0 radical (unpaired) electrons. The van der Waals surface area contributed by atoms with Gasteiger partial charge < -0.3 is 9.84 Å². The monoisotopic (exact) mass is 448 g/mol. The molecule has 172 valence electrons. The summed E-state index contributed by atoms with van der Waals surface area (Å²) in [4.78, 5) is 19.3. The highest BCUT2D eigenvalue weighted by Crippen LogP contribution is 2.37. The normalized spacial score (nSPS) is 16.3. The molecule has 6 nitrogen and oxygen atoms in total. The van der Waals surface area contributed by atoms with Gasteiger partial charge in [-0.1, -0.05) is 68.2 Å². The van der Waals surface area contributed by atoms with Crippen molar-refractivity contribution in [1.29, 1.82) is 0 Å². The summed E-state index contributed by atoms with van der Waals surface area (Å²) in [5, 5.41) is 7.22. The van der Waals surface area contributed by atoms with Crippen LogP contribution in [0.15, 0.2) is 58.8 Å². The van der Waals surface area contributed by atoms with Gasteiger partial charge in [0.15, 0.2) is 0 Å². The first-order chi connectivity index (χ1) is 16.0. The van der Waals surface area contributed by atoms with Crippen LogP contribution in [0.4, 0.5) is 9.18 Å². The van der Waals surface area contributed by atoms with Gasteiger partial charge in [0.25, 0.3) is 5.89 Å². The molecule has 0 bridgehead atoms. The van der Waals surface area contributed by atoms with Crippen LogP contribution in [0.25, 0.3) is 17.0 Å². The predicted octanol–water partition coefficient (Wildman–Crippen LogP) is 6.13. The maximum Gasteiger partial charge on any atom is 0.322 e. The Bertz CT molecular complexity index is 1150. The van der Waals surface area contributed by atoms with Gasteiger partial charge in [0, 0.05) is 17.8 Å². The lowest BCUT2D eigenvalue weighted by molar-refractivity contribution is 0.204. The molecule has 1 aliphatic heterocycles. The van der Waals surface area contributed by atoms with E-state index in [9.17, 15) is 9.18 Å². The smallest absolute Gasteiger partial charge is 0.322 e. The number of hydrogen-bond acceptors (Lipinski definition) is 4. The van der Waals surface area contributed by atoms with E-state index in [0.717, 1.165) is 42.5 Å². The summed E-state index contributed by atoms with van der Waals surface area (Å²) < 4.78 is 19.4. The fraction of sp³-hybridized carbons (Fsp3) is 0.346. The molecule has 4 rings (SSSR count). The average molecular weight is 449 g/mol. The van der Waals surface area contributed by atoms with Crippen molar-refractivity contribution in [2.45, 2.75) is 52.5 Å². The zero-order chi connectivity index (χ0) is 23.4. The third-order valence-electron chi connectivity index (χ3n) is 6.04. The van der Waals surface area contributed by atoms with Gasteiger partial charge in [0.05, 0.1) is 11.6 Å². The molecule has 0 spiro atoms. The van der Waals surface area contributed by atoms with Gasteiger partial charge in [-0.2, -0.15) is 4.98 Å². The van der Waals surface area contributed by atoms with Crippen molar-refractivity contribution in [2.75, 3.05) is 6.54 Å². The van der Waals surface area contributed by atoms with Gasteiger partial charge in [-0.3, -0.25) is 4.90 Å². The van der Waals surface area contributed by atoms with Crippen molar-refractivity contribution in [2.24, 2.45) is 0 Å². The van der Waals surface area contributed by atoms with Gasteiger partial charge >= 0.3 is 6.03 Å². The molecule has 0 fully saturated rings. The van der Waals surface area contributed by atoms with Gasteiger partial charge in [-0.15, -0.1) is 0 Å². The lowest BCUT2D eigenvalue weighted by Gasteiger charge is -2.35. The molecule has 1 atom stereocenters. The number of nitrogens with one attached hydrogen (secondary N) is 1. The molecule has 0 aliphatic carbocycles. The van der Waals surface area contributed by atoms with Crippen molar-refractivity contribution >= 4 is 11.6 Å². The molecule has 33 heavy (non-hydrogen) atoms. The third-order valence-corrected chi connectivity index (χ3v) is 6.04. The van der Waals surface area contributed by atoms with E-state index in [1.54, 1.807) is 17.0 Å². The summed E-state index contributed by atoms with van der Waals surface area (Å²) in [7, 11) is 0. The number of amides is 2. The minimum Gasteiger partial charge on any atom is -0.334 e. The number of aromatic nitrogens is 2. The summed E-state index contributed by atoms with van der Waals surface area (Å²) in [6.07, 6.45) is 3.95. The highest BCUT2D eigenvalue weighted by molar-refractivity contribution is 5.86. The second kappa shape index (κ2) is 9.98. The molecule has 3 aromatic rings. The van der Waals surface area contributed by atoms with Crippen molar-refractivity contribution < 1.29 is 13.7 Å². The number of aryl methyl sites for hydroxylation is 1. The highest BCUT2D eigenvalue weighted by atomic mass is 19.1. The average Bonchev–Trinajstić information content (AvgIpc) is 3.31. The van der Waals surface area contributed by atoms with Gasteiger partial charge in [-0.25, -0.2) is 9.18 Å². The Morgan fingerprint density at radius 1 is 1.12 bits per heavy atom. The SMILES string of the molecule is CCCCCN1C(=O)NC(c2ccc(CC)cc2)C(c2nc(-c3cccc(F)c3)no2)=C1C. The van der Waals surface area contributed by atoms with Crippen LogP contribution in [0.2, 0.25) is 0 Å². The molecule has 1 unspecified atom stereocenters. The van der Waals surface area contributed by atoms with Crippen LogP contribution in [0.5, 0.6) is 0 Å². The molecule has 2 amide bonds. The predicted molar refractivity (Wildman–Crippen MR) is 126 cm³/mol. The first-order valence-electron chi connectivity index (χ1n) is 11.5. The van der Waals surface area contributed by atoms with E-state index in [1.807, 2.05) is 19.1 Å². The number of unbranched alkanes of at least 4 members (excludes halogenated alkanes) is 2.